The van der Waals surface area contributed by atoms with Gasteiger partial charge in [0, 0.05) is 24.7 Å². The quantitative estimate of drug-likeness (QED) is 0.861. The van der Waals surface area contributed by atoms with Gasteiger partial charge in [0.15, 0.2) is 0 Å². The molecule has 1 atom stereocenters. The lowest BCUT2D eigenvalue weighted by atomic mass is 10.1. The van der Waals surface area contributed by atoms with E-state index in [1.54, 1.807) is 0 Å². The van der Waals surface area contributed by atoms with E-state index in [9.17, 15) is 0 Å². The Morgan fingerprint density at radius 3 is 3.06 bits per heavy atom. The van der Waals surface area contributed by atoms with Crippen LogP contribution in [0.1, 0.15) is 18.9 Å². The summed E-state index contributed by atoms with van der Waals surface area (Å²) >= 11 is 0. The van der Waals surface area contributed by atoms with Crippen molar-refractivity contribution in [2.24, 2.45) is 0 Å². The Labute approximate surface area is 104 Å². The first kappa shape index (κ1) is 12.4. The fraction of sp³-hybridized carbons (Fsp3) is 0.571. The van der Waals surface area contributed by atoms with Gasteiger partial charge in [-0.15, -0.1) is 0 Å². The van der Waals surface area contributed by atoms with E-state index in [1.165, 1.54) is 12.0 Å². The minimum absolute atomic E-state index is 0.595. The van der Waals surface area contributed by atoms with Gasteiger partial charge >= 0.3 is 0 Å². The lowest BCUT2D eigenvalue weighted by Crippen LogP contribution is -2.36. The topological polar surface area (TPSA) is 24.5 Å². The highest BCUT2D eigenvalue weighted by Gasteiger charge is 2.18. The van der Waals surface area contributed by atoms with Crippen LogP contribution in [-0.2, 0) is 6.54 Å². The Kier molecular flexibility index (Phi) is 4.40. The van der Waals surface area contributed by atoms with E-state index in [0.29, 0.717) is 6.04 Å². The van der Waals surface area contributed by atoms with Gasteiger partial charge in [-0.05, 0) is 33.0 Å². The Morgan fingerprint density at radius 1 is 1.41 bits per heavy atom. The number of rotatable bonds is 4. The maximum Gasteiger partial charge on any atom is 0.123 e. The highest BCUT2D eigenvalue weighted by atomic mass is 16.5. The standard InChI is InChI=1S/C14H22N2O/c1-12(7-8-15-2)16-9-10-17-14-6-4-3-5-13(14)11-16/h3-6,12,15H,7-11H2,1-2H3. The number of hydrogen-bond acceptors (Lipinski definition) is 3. The molecular weight excluding hydrogens is 212 g/mol. The summed E-state index contributed by atoms with van der Waals surface area (Å²) in [6.07, 6.45) is 1.18. The molecule has 94 valence electrons. The smallest absolute Gasteiger partial charge is 0.123 e. The number of fused-ring (bicyclic) bond motifs is 1. The molecule has 1 aliphatic rings. The van der Waals surface area contributed by atoms with Crippen LogP contribution in [0.4, 0.5) is 0 Å². The third-order valence-electron chi connectivity index (χ3n) is 3.42. The van der Waals surface area contributed by atoms with Gasteiger partial charge in [0.05, 0.1) is 0 Å². The second-order valence-corrected chi connectivity index (χ2v) is 4.67. The summed E-state index contributed by atoms with van der Waals surface area (Å²) in [4.78, 5) is 2.50. The van der Waals surface area contributed by atoms with Gasteiger partial charge in [-0.2, -0.15) is 0 Å². The molecule has 0 aromatic heterocycles. The van der Waals surface area contributed by atoms with Crippen molar-refractivity contribution in [1.82, 2.24) is 10.2 Å². The summed E-state index contributed by atoms with van der Waals surface area (Å²) in [5.74, 6) is 1.05. The average Bonchev–Trinajstić information content (AvgIpc) is 2.58. The van der Waals surface area contributed by atoms with E-state index in [1.807, 2.05) is 13.1 Å². The summed E-state index contributed by atoms with van der Waals surface area (Å²) in [5, 5.41) is 3.21. The van der Waals surface area contributed by atoms with E-state index >= 15 is 0 Å². The average molecular weight is 234 g/mol. The van der Waals surface area contributed by atoms with E-state index in [4.69, 9.17) is 4.74 Å². The van der Waals surface area contributed by atoms with Gasteiger partial charge in [0.1, 0.15) is 12.4 Å². The number of hydrogen-bond donors (Lipinski definition) is 1. The maximum atomic E-state index is 5.78. The Hall–Kier alpha value is -1.06. The number of ether oxygens (including phenoxy) is 1. The SMILES string of the molecule is CNCCC(C)N1CCOc2ccccc2C1. The molecule has 1 aromatic rings. The molecule has 0 bridgehead atoms. The van der Waals surface area contributed by atoms with Crippen molar-refractivity contribution in [1.29, 1.82) is 0 Å². The van der Waals surface area contributed by atoms with Crippen LogP contribution < -0.4 is 10.1 Å². The zero-order chi connectivity index (χ0) is 12.1. The normalized spacial score (nSPS) is 18.0. The van der Waals surface area contributed by atoms with Crippen molar-refractivity contribution in [3.8, 4) is 5.75 Å². The third kappa shape index (κ3) is 3.20. The largest absolute Gasteiger partial charge is 0.492 e. The number of nitrogens with one attached hydrogen (secondary N) is 1. The summed E-state index contributed by atoms with van der Waals surface area (Å²) < 4.78 is 5.78. The summed E-state index contributed by atoms with van der Waals surface area (Å²) in [6.45, 7) is 6.17. The second-order valence-electron chi connectivity index (χ2n) is 4.67. The monoisotopic (exact) mass is 234 g/mol. The second kappa shape index (κ2) is 6.03. The van der Waals surface area contributed by atoms with Crippen LogP contribution in [0.3, 0.4) is 0 Å². The molecule has 1 aromatic carbocycles. The summed E-state index contributed by atoms with van der Waals surface area (Å²) in [5.41, 5.74) is 1.31. The van der Waals surface area contributed by atoms with Gasteiger partial charge in [0.25, 0.3) is 0 Å². The van der Waals surface area contributed by atoms with Crippen molar-refractivity contribution in [2.45, 2.75) is 25.9 Å². The van der Waals surface area contributed by atoms with Gasteiger partial charge in [-0.3, -0.25) is 4.90 Å². The Balaban J connectivity index is 2.02. The molecule has 0 amide bonds. The molecule has 1 aliphatic heterocycles. The Morgan fingerprint density at radius 2 is 2.24 bits per heavy atom. The molecule has 1 N–H and O–H groups in total. The van der Waals surface area contributed by atoms with Crippen molar-refractivity contribution in [3.63, 3.8) is 0 Å². The van der Waals surface area contributed by atoms with E-state index < -0.39 is 0 Å². The molecule has 0 aliphatic carbocycles. The molecule has 0 radical (unpaired) electrons. The van der Waals surface area contributed by atoms with Crippen LogP contribution >= 0.6 is 0 Å². The number of para-hydroxylation sites is 1. The molecule has 0 spiro atoms. The zero-order valence-corrected chi connectivity index (χ0v) is 10.8. The van der Waals surface area contributed by atoms with Gasteiger partial charge in [-0.25, -0.2) is 0 Å². The Bertz CT molecular complexity index is 354. The van der Waals surface area contributed by atoms with Gasteiger partial charge in [0.2, 0.25) is 0 Å². The maximum absolute atomic E-state index is 5.78. The molecule has 1 unspecified atom stereocenters. The molecule has 0 saturated carbocycles. The number of benzene rings is 1. The molecular formula is C14H22N2O. The van der Waals surface area contributed by atoms with E-state index in [2.05, 4.69) is 35.3 Å². The van der Waals surface area contributed by atoms with Crippen LogP contribution in [-0.4, -0.2) is 37.7 Å². The number of nitrogens with zero attached hydrogens (tertiary/aromatic N) is 1. The molecule has 0 fully saturated rings. The predicted molar refractivity (Wildman–Crippen MR) is 70.4 cm³/mol. The van der Waals surface area contributed by atoms with Crippen LogP contribution in [0, 0.1) is 0 Å². The van der Waals surface area contributed by atoms with Gasteiger partial charge < -0.3 is 10.1 Å². The third-order valence-corrected chi connectivity index (χ3v) is 3.42. The first-order valence-electron chi connectivity index (χ1n) is 6.40. The fourth-order valence-electron chi connectivity index (χ4n) is 2.26. The van der Waals surface area contributed by atoms with E-state index in [-0.39, 0.29) is 0 Å². The molecule has 0 saturated heterocycles. The van der Waals surface area contributed by atoms with Crippen LogP contribution in [0.5, 0.6) is 5.75 Å². The summed E-state index contributed by atoms with van der Waals surface area (Å²) in [7, 11) is 2.01. The minimum Gasteiger partial charge on any atom is -0.492 e. The molecule has 17 heavy (non-hydrogen) atoms. The molecule has 3 nitrogen and oxygen atoms in total. The van der Waals surface area contributed by atoms with Crippen molar-refractivity contribution < 1.29 is 4.74 Å². The van der Waals surface area contributed by atoms with Crippen molar-refractivity contribution in [2.75, 3.05) is 26.7 Å². The summed E-state index contributed by atoms with van der Waals surface area (Å²) in [6, 6.07) is 8.95. The predicted octanol–water partition coefficient (Wildman–Crippen LogP) is 1.88. The lowest BCUT2D eigenvalue weighted by Gasteiger charge is -2.27. The van der Waals surface area contributed by atoms with Crippen LogP contribution in [0.15, 0.2) is 24.3 Å². The highest BCUT2D eigenvalue weighted by molar-refractivity contribution is 5.33. The van der Waals surface area contributed by atoms with E-state index in [0.717, 1.165) is 32.0 Å². The molecule has 3 heteroatoms. The van der Waals surface area contributed by atoms with Crippen LogP contribution in [0.2, 0.25) is 0 Å². The lowest BCUT2D eigenvalue weighted by molar-refractivity contribution is 0.172. The molecule has 2 rings (SSSR count). The minimum atomic E-state index is 0.595. The van der Waals surface area contributed by atoms with Crippen molar-refractivity contribution in [3.05, 3.63) is 29.8 Å². The first-order valence-corrected chi connectivity index (χ1v) is 6.40. The van der Waals surface area contributed by atoms with Crippen molar-refractivity contribution >= 4 is 0 Å². The fourth-order valence-corrected chi connectivity index (χ4v) is 2.26. The zero-order valence-electron chi connectivity index (χ0n) is 10.8. The van der Waals surface area contributed by atoms with Gasteiger partial charge in [-0.1, -0.05) is 18.2 Å². The molecule has 1 heterocycles. The first-order chi connectivity index (χ1) is 8.31. The highest BCUT2D eigenvalue weighted by Crippen LogP contribution is 2.23. The van der Waals surface area contributed by atoms with Crippen LogP contribution in [0.25, 0.3) is 0 Å².